The van der Waals surface area contributed by atoms with Gasteiger partial charge < -0.3 is 20.7 Å². The molecule has 2 rings (SSSR count). The number of carbonyl (C=O) groups excluding carboxylic acids is 1. The predicted molar refractivity (Wildman–Crippen MR) is 93.9 cm³/mol. The number of likely N-dealkylation sites (N-methyl/N-ethyl adjacent to an activating group) is 1. The molecule has 0 radical (unpaired) electrons. The number of nitrogens with zero attached hydrogens (tertiary/aromatic N) is 1. The van der Waals surface area contributed by atoms with E-state index in [0.717, 1.165) is 51.9 Å². The van der Waals surface area contributed by atoms with E-state index in [1.165, 1.54) is 0 Å². The Morgan fingerprint density at radius 2 is 1.91 bits per heavy atom. The molecule has 1 aliphatic heterocycles. The van der Waals surface area contributed by atoms with Crippen LogP contribution in [0.25, 0.3) is 0 Å². The Morgan fingerprint density at radius 1 is 1.27 bits per heavy atom. The summed E-state index contributed by atoms with van der Waals surface area (Å²) in [4.78, 5) is 14.6. The first-order valence-electron chi connectivity index (χ1n) is 7.82. The van der Waals surface area contributed by atoms with E-state index in [-0.39, 0.29) is 42.2 Å². The third kappa shape index (κ3) is 4.96. The van der Waals surface area contributed by atoms with E-state index < -0.39 is 0 Å². The van der Waals surface area contributed by atoms with Crippen molar-refractivity contribution in [2.75, 3.05) is 40.4 Å². The van der Waals surface area contributed by atoms with Gasteiger partial charge in [-0.2, -0.15) is 0 Å². The van der Waals surface area contributed by atoms with Crippen LogP contribution in [0.5, 0.6) is 0 Å². The second-order valence-corrected chi connectivity index (χ2v) is 6.48. The minimum absolute atomic E-state index is 0. The normalized spacial score (nSPS) is 26.9. The Morgan fingerprint density at radius 3 is 2.45 bits per heavy atom. The Hall–Kier alpha value is -0.0700. The van der Waals surface area contributed by atoms with Crippen LogP contribution in [0.3, 0.4) is 0 Å². The lowest BCUT2D eigenvalue weighted by Gasteiger charge is -2.43. The van der Waals surface area contributed by atoms with E-state index in [9.17, 15) is 4.79 Å². The van der Waals surface area contributed by atoms with Crippen molar-refractivity contribution in [1.29, 1.82) is 0 Å². The largest absolute Gasteiger partial charge is 0.381 e. The van der Waals surface area contributed by atoms with Gasteiger partial charge in [0, 0.05) is 31.2 Å². The van der Waals surface area contributed by atoms with E-state index in [4.69, 9.17) is 10.5 Å². The molecule has 0 spiro atoms. The number of ether oxygens (including phenoxy) is 1. The van der Waals surface area contributed by atoms with E-state index in [2.05, 4.69) is 24.3 Å². The molecule has 2 fully saturated rings. The first-order chi connectivity index (χ1) is 9.59. The molecule has 1 aliphatic carbocycles. The molecule has 1 heterocycles. The van der Waals surface area contributed by atoms with Crippen LogP contribution in [-0.4, -0.2) is 56.7 Å². The van der Waals surface area contributed by atoms with Gasteiger partial charge in [-0.05, 0) is 52.2 Å². The molecule has 132 valence electrons. The summed E-state index contributed by atoms with van der Waals surface area (Å²) in [6.45, 7) is 2.91. The Balaban J connectivity index is 0.00000220. The highest BCUT2D eigenvalue weighted by Crippen LogP contribution is 2.31. The zero-order chi connectivity index (χ0) is 14.6. The van der Waals surface area contributed by atoms with Crippen LogP contribution in [0, 0.1) is 11.8 Å². The summed E-state index contributed by atoms with van der Waals surface area (Å²) in [5, 5.41) is 3.19. The fraction of sp³-hybridized carbons (Fsp3) is 0.933. The minimum atomic E-state index is 0. The number of hydrogen-bond acceptors (Lipinski definition) is 4. The van der Waals surface area contributed by atoms with Crippen LogP contribution in [-0.2, 0) is 9.53 Å². The molecule has 0 aromatic carbocycles. The highest BCUT2D eigenvalue weighted by molar-refractivity contribution is 5.85. The molecular formula is C15H31Cl2N3O2. The van der Waals surface area contributed by atoms with Gasteiger partial charge in [0.25, 0.3) is 0 Å². The number of carbonyl (C=O) groups is 1. The monoisotopic (exact) mass is 355 g/mol. The second kappa shape index (κ2) is 9.93. The van der Waals surface area contributed by atoms with E-state index in [1.807, 2.05) is 0 Å². The minimum Gasteiger partial charge on any atom is -0.381 e. The lowest BCUT2D eigenvalue weighted by Crippen LogP contribution is -2.56. The lowest BCUT2D eigenvalue weighted by molar-refractivity contribution is -0.127. The van der Waals surface area contributed by atoms with E-state index in [1.54, 1.807) is 0 Å². The topological polar surface area (TPSA) is 67.6 Å². The van der Waals surface area contributed by atoms with Crippen LogP contribution >= 0.6 is 24.8 Å². The van der Waals surface area contributed by atoms with Gasteiger partial charge in [0.05, 0.1) is 0 Å². The van der Waals surface area contributed by atoms with Gasteiger partial charge in [-0.15, -0.1) is 24.8 Å². The first kappa shape index (κ1) is 21.9. The highest BCUT2D eigenvalue weighted by Gasteiger charge is 2.37. The molecule has 3 N–H and O–H groups in total. The molecule has 1 saturated carbocycles. The third-order valence-electron chi connectivity index (χ3n) is 5.26. The van der Waals surface area contributed by atoms with Gasteiger partial charge in [-0.1, -0.05) is 6.42 Å². The van der Waals surface area contributed by atoms with Crippen molar-refractivity contribution in [3.8, 4) is 0 Å². The van der Waals surface area contributed by atoms with E-state index in [0.29, 0.717) is 12.5 Å². The first-order valence-corrected chi connectivity index (χ1v) is 7.82. The fourth-order valence-corrected chi connectivity index (χ4v) is 3.58. The van der Waals surface area contributed by atoms with Gasteiger partial charge >= 0.3 is 0 Å². The van der Waals surface area contributed by atoms with Crippen LogP contribution in [0.4, 0.5) is 0 Å². The number of nitrogens with two attached hydrogens (primary N) is 1. The molecule has 7 heteroatoms. The van der Waals surface area contributed by atoms with Crippen molar-refractivity contribution < 1.29 is 9.53 Å². The molecule has 0 aromatic heterocycles. The maximum Gasteiger partial charge on any atom is 0.223 e. The Kier molecular flexibility index (Phi) is 9.90. The number of halogens is 2. The molecule has 1 saturated heterocycles. The number of nitrogens with one attached hydrogen (secondary N) is 1. The SMILES string of the molecule is CN(C)C1(CNC(=O)[C@@H]2CCC[C@@H]2CN)CCOCC1.Cl.Cl. The summed E-state index contributed by atoms with van der Waals surface area (Å²) in [7, 11) is 4.19. The van der Waals surface area contributed by atoms with Gasteiger partial charge in [0.1, 0.15) is 0 Å². The van der Waals surface area contributed by atoms with Crippen molar-refractivity contribution >= 4 is 30.7 Å². The number of hydrogen-bond donors (Lipinski definition) is 2. The molecule has 2 aliphatic rings. The zero-order valence-electron chi connectivity index (χ0n) is 13.7. The molecule has 2 atom stereocenters. The van der Waals surface area contributed by atoms with Crippen LogP contribution in [0.1, 0.15) is 32.1 Å². The molecule has 0 bridgehead atoms. The summed E-state index contributed by atoms with van der Waals surface area (Å²) in [5.74, 6) is 0.699. The summed E-state index contributed by atoms with van der Waals surface area (Å²) in [6.07, 6.45) is 5.18. The van der Waals surface area contributed by atoms with Crippen molar-refractivity contribution in [1.82, 2.24) is 10.2 Å². The number of amides is 1. The average Bonchev–Trinajstić information content (AvgIpc) is 2.94. The average molecular weight is 356 g/mol. The maximum atomic E-state index is 12.4. The molecular weight excluding hydrogens is 325 g/mol. The summed E-state index contributed by atoms with van der Waals surface area (Å²) >= 11 is 0. The lowest BCUT2D eigenvalue weighted by atomic mass is 9.88. The maximum absolute atomic E-state index is 12.4. The molecule has 1 amide bonds. The quantitative estimate of drug-likeness (QED) is 0.782. The van der Waals surface area contributed by atoms with Crippen molar-refractivity contribution in [2.24, 2.45) is 17.6 Å². The van der Waals surface area contributed by atoms with Gasteiger partial charge in [-0.25, -0.2) is 0 Å². The second-order valence-electron chi connectivity index (χ2n) is 6.48. The summed E-state index contributed by atoms with van der Waals surface area (Å²) in [5.41, 5.74) is 5.82. The molecule has 5 nitrogen and oxygen atoms in total. The summed E-state index contributed by atoms with van der Waals surface area (Å²) in [6, 6.07) is 0. The number of rotatable bonds is 5. The van der Waals surface area contributed by atoms with Crippen molar-refractivity contribution in [2.45, 2.75) is 37.6 Å². The van der Waals surface area contributed by atoms with Crippen LogP contribution < -0.4 is 11.1 Å². The standard InChI is InChI=1S/C15H29N3O2.2ClH/c1-18(2)15(6-8-20-9-7-15)11-17-14(19)13-5-3-4-12(13)10-16;;/h12-13H,3-11,16H2,1-2H3,(H,17,19);2*1H/t12-,13-;;/m1../s1. The van der Waals surface area contributed by atoms with Gasteiger partial charge in [0.15, 0.2) is 0 Å². The molecule has 0 unspecified atom stereocenters. The zero-order valence-corrected chi connectivity index (χ0v) is 15.3. The van der Waals surface area contributed by atoms with Crippen LogP contribution in [0.2, 0.25) is 0 Å². The van der Waals surface area contributed by atoms with Crippen molar-refractivity contribution in [3.63, 3.8) is 0 Å². The Bertz CT molecular complexity index is 337. The smallest absolute Gasteiger partial charge is 0.223 e. The van der Waals surface area contributed by atoms with Gasteiger partial charge in [-0.3, -0.25) is 4.79 Å². The summed E-state index contributed by atoms with van der Waals surface area (Å²) < 4.78 is 5.46. The highest BCUT2D eigenvalue weighted by atomic mass is 35.5. The predicted octanol–water partition coefficient (Wildman–Crippen LogP) is 1.43. The third-order valence-corrected chi connectivity index (χ3v) is 5.26. The van der Waals surface area contributed by atoms with E-state index >= 15 is 0 Å². The Labute approximate surface area is 146 Å². The molecule has 0 aromatic rings. The van der Waals surface area contributed by atoms with Gasteiger partial charge in [0.2, 0.25) is 5.91 Å². The molecule has 22 heavy (non-hydrogen) atoms. The fourth-order valence-electron chi connectivity index (χ4n) is 3.58. The van der Waals surface area contributed by atoms with Crippen molar-refractivity contribution in [3.05, 3.63) is 0 Å². The van der Waals surface area contributed by atoms with Crippen LogP contribution in [0.15, 0.2) is 0 Å².